The van der Waals surface area contributed by atoms with Gasteiger partial charge in [0.2, 0.25) is 5.91 Å². The number of halogens is 1. The van der Waals surface area contributed by atoms with Crippen molar-refractivity contribution >= 4 is 18.3 Å². The first-order valence-corrected chi connectivity index (χ1v) is 9.39. The van der Waals surface area contributed by atoms with Crippen LogP contribution in [-0.4, -0.2) is 19.0 Å². The molecule has 1 aromatic carbocycles. The molecule has 1 saturated carbocycles. The summed E-state index contributed by atoms with van der Waals surface area (Å²) < 4.78 is 0. The standard InChI is InChI=1S/C20H30N2O.ClH/c23-20(18-11-13-21-14-12-18)22-19(17-9-5-2-6-10-17)15-16-7-3-1-4-8-16;/h2,5-6,9-10,16,18-19,21H,1,3-4,7-8,11-15H2,(H,22,23);1H. The Balaban J connectivity index is 0.00000208. The predicted octanol–water partition coefficient (Wildman–Crippen LogP) is 4.24. The van der Waals surface area contributed by atoms with Crippen LogP contribution in [0.15, 0.2) is 30.3 Å². The Morgan fingerprint density at radius 2 is 1.71 bits per heavy atom. The van der Waals surface area contributed by atoms with Crippen molar-refractivity contribution < 1.29 is 4.79 Å². The Morgan fingerprint density at radius 1 is 1.04 bits per heavy atom. The number of nitrogens with one attached hydrogen (secondary N) is 2. The normalized spacial score (nSPS) is 20.8. The molecule has 1 saturated heterocycles. The molecule has 3 nitrogen and oxygen atoms in total. The molecule has 0 radical (unpaired) electrons. The van der Waals surface area contributed by atoms with E-state index >= 15 is 0 Å². The van der Waals surface area contributed by atoms with Gasteiger partial charge >= 0.3 is 0 Å². The Morgan fingerprint density at radius 3 is 2.38 bits per heavy atom. The number of hydrogen-bond acceptors (Lipinski definition) is 2. The lowest BCUT2D eigenvalue weighted by molar-refractivity contribution is -0.126. The lowest BCUT2D eigenvalue weighted by Crippen LogP contribution is -2.40. The number of carbonyl (C=O) groups is 1. The highest BCUT2D eigenvalue weighted by molar-refractivity contribution is 5.85. The van der Waals surface area contributed by atoms with Gasteiger partial charge in [-0.3, -0.25) is 4.79 Å². The fourth-order valence-electron chi connectivity index (χ4n) is 4.09. The van der Waals surface area contributed by atoms with E-state index in [0.717, 1.165) is 38.3 Å². The van der Waals surface area contributed by atoms with Gasteiger partial charge in [0.1, 0.15) is 0 Å². The summed E-state index contributed by atoms with van der Waals surface area (Å²) >= 11 is 0. The van der Waals surface area contributed by atoms with E-state index in [9.17, 15) is 4.79 Å². The van der Waals surface area contributed by atoms with Gasteiger partial charge in [-0.05, 0) is 43.8 Å². The van der Waals surface area contributed by atoms with Gasteiger partial charge in [-0.1, -0.05) is 62.4 Å². The number of rotatable bonds is 5. The lowest BCUT2D eigenvalue weighted by atomic mass is 9.83. The molecular formula is C20H31ClN2O. The molecule has 1 heterocycles. The SMILES string of the molecule is Cl.O=C(NC(CC1CCCCC1)c1ccccc1)C1CCNCC1. The van der Waals surface area contributed by atoms with Crippen molar-refractivity contribution in [2.45, 2.75) is 57.4 Å². The Labute approximate surface area is 152 Å². The van der Waals surface area contributed by atoms with Gasteiger partial charge in [0, 0.05) is 5.92 Å². The van der Waals surface area contributed by atoms with Crippen molar-refractivity contribution in [1.82, 2.24) is 10.6 Å². The van der Waals surface area contributed by atoms with Gasteiger partial charge in [-0.25, -0.2) is 0 Å². The first kappa shape index (κ1) is 19.3. The summed E-state index contributed by atoms with van der Waals surface area (Å²) in [6.45, 7) is 1.94. The highest BCUT2D eigenvalue weighted by Gasteiger charge is 2.26. The van der Waals surface area contributed by atoms with Gasteiger partial charge in [0.25, 0.3) is 0 Å². The summed E-state index contributed by atoms with van der Waals surface area (Å²) in [5, 5.41) is 6.72. The van der Waals surface area contributed by atoms with Crippen molar-refractivity contribution in [1.29, 1.82) is 0 Å². The highest BCUT2D eigenvalue weighted by Crippen LogP contribution is 2.32. The minimum atomic E-state index is 0. The van der Waals surface area contributed by atoms with Crippen molar-refractivity contribution in [2.24, 2.45) is 11.8 Å². The minimum absolute atomic E-state index is 0. The van der Waals surface area contributed by atoms with Crippen LogP contribution in [0.3, 0.4) is 0 Å². The Bertz CT molecular complexity index is 482. The maximum atomic E-state index is 12.7. The van der Waals surface area contributed by atoms with Crippen LogP contribution >= 0.6 is 12.4 Å². The summed E-state index contributed by atoms with van der Waals surface area (Å²) in [6, 6.07) is 10.7. The lowest BCUT2D eigenvalue weighted by Gasteiger charge is -2.29. The Hall–Kier alpha value is -1.06. The number of amides is 1. The van der Waals surface area contributed by atoms with Crippen LogP contribution in [0.2, 0.25) is 0 Å². The summed E-state index contributed by atoms with van der Waals surface area (Å²) in [4.78, 5) is 12.7. The van der Waals surface area contributed by atoms with E-state index in [1.54, 1.807) is 0 Å². The van der Waals surface area contributed by atoms with Gasteiger partial charge in [0.05, 0.1) is 6.04 Å². The summed E-state index contributed by atoms with van der Waals surface area (Å²) in [6.07, 6.45) is 9.78. The van der Waals surface area contributed by atoms with Gasteiger partial charge in [-0.2, -0.15) is 0 Å². The zero-order valence-electron chi connectivity index (χ0n) is 14.5. The molecule has 3 rings (SSSR count). The second-order valence-corrected chi connectivity index (χ2v) is 7.24. The zero-order chi connectivity index (χ0) is 15.9. The van der Waals surface area contributed by atoms with Crippen molar-refractivity contribution in [3.8, 4) is 0 Å². The third-order valence-electron chi connectivity index (χ3n) is 5.52. The summed E-state index contributed by atoms with van der Waals surface area (Å²) in [5.41, 5.74) is 1.26. The average Bonchev–Trinajstić information content (AvgIpc) is 2.63. The maximum Gasteiger partial charge on any atom is 0.223 e. The van der Waals surface area contributed by atoms with Crippen LogP contribution in [0.1, 0.15) is 63.0 Å². The Kier molecular flexibility index (Phi) is 8.07. The fourth-order valence-corrected chi connectivity index (χ4v) is 4.09. The molecule has 24 heavy (non-hydrogen) atoms. The number of hydrogen-bond donors (Lipinski definition) is 2. The molecule has 134 valence electrons. The number of piperidine rings is 1. The molecule has 2 fully saturated rings. The summed E-state index contributed by atoms with van der Waals surface area (Å²) in [7, 11) is 0. The quantitative estimate of drug-likeness (QED) is 0.834. The van der Waals surface area contributed by atoms with Crippen molar-refractivity contribution in [3.05, 3.63) is 35.9 Å². The molecule has 4 heteroatoms. The second-order valence-electron chi connectivity index (χ2n) is 7.24. The van der Waals surface area contributed by atoms with E-state index in [0.29, 0.717) is 0 Å². The molecule has 1 unspecified atom stereocenters. The molecule has 2 aliphatic rings. The number of carbonyl (C=O) groups excluding carboxylic acids is 1. The van der Waals surface area contributed by atoms with Crippen LogP contribution in [-0.2, 0) is 4.79 Å². The molecule has 1 aliphatic heterocycles. The molecule has 0 bridgehead atoms. The minimum Gasteiger partial charge on any atom is -0.349 e. The van der Waals surface area contributed by atoms with Gasteiger partial charge < -0.3 is 10.6 Å². The molecule has 2 N–H and O–H groups in total. The van der Waals surface area contributed by atoms with E-state index in [2.05, 4.69) is 41.0 Å². The number of benzene rings is 1. The van der Waals surface area contributed by atoms with E-state index in [4.69, 9.17) is 0 Å². The smallest absolute Gasteiger partial charge is 0.223 e. The average molecular weight is 351 g/mol. The van der Waals surface area contributed by atoms with Crippen LogP contribution in [0.5, 0.6) is 0 Å². The van der Waals surface area contributed by atoms with Crippen molar-refractivity contribution in [3.63, 3.8) is 0 Å². The van der Waals surface area contributed by atoms with Crippen LogP contribution in [0, 0.1) is 11.8 Å². The molecular weight excluding hydrogens is 320 g/mol. The first-order valence-electron chi connectivity index (χ1n) is 9.39. The van der Waals surface area contributed by atoms with Gasteiger partial charge in [-0.15, -0.1) is 12.4 Å². The molecule has 1 amide bonds. The largest absolute Gasteiger partial charge is 0.349 e. The third kappa shape index (κ3) is 5.49. The van der Waals surface area contributed by atoms with Crippen molar-refractivity contribution in [2.75, 3.05) is 13.1 Å². The highest BCUT2D eigenvalue weighted by atomic mass is 35.5. The first-order chi connectivity index (χ1) is 11.3. The third-order valence-corrected chi connectivity index (χ3v) is 5.52. The van der Waals surface area contributed by atoms with E-state index in [1.807, 2.05) is 0 Å². The maximum absolute atomic E-state index is 12.7. The topological polar surface area (TPSA) is 41.1 Å². The second kappa shape index (κ2) is 10.0. The van der Waals surface area contributed by atoms with E-state index in [-0.39, 0.29) is 30.3 Å². The molecule has 1 aromatic rings. The molecule has 1 aliphatic carbocycles. The van der Waals surface area contributed by atoms with E-state index < -0.39 is 0 Å². The van der Waals surface area contributed by atoms with E-state index in [1.165, 1.54) is 37.7 Å². The monoisotopic (exact) mass is 350 g/mol. The molecule has 0 spiro atoms. The summed E-state index contributed by atoms with van der Waals surface area (Å²) in [5.74, 6) is 1.22. The van der Waals surface area contributed by atoms with Crippen LogP contribution in [0.25, 0.3) is 0 Å². The molecule has 0 aromatic heterocycles. The van der Waals surface area contributed by atoms with Crippen LogP contribution < -0.4 is 10.6 Å². The fraction of sp³-hybridized carbons (Fsp3) is 0.650. The van der Waals surface area contributed by atoms with Crippen LogP contribution in [0.4, 0.5) is 0 Å². The molecule has 1 atom stereocenters. The zero-order valence-corrected chi connectivity index (χ0v) is 15.3. The predicted molar refractivity (Wildman–Crippen MR) is 101 cm³/mol. The van der Waals surface area contributed by atoms with Gasteiger partial charge in [0.15, 0.2) is 0 Å².